The fraction of sp³-hybridized carbons (Fsp3) is 0.409. The van der Waals surface area contributed by atoms with Gasteiger partial charge in [-0.25, -0.2) is 4.98 Å². The van der Waals surface area contributed by atoms with Crippen molar-refractivity contribution in [3.05, 3.63) is 59.3 Å². The van der Waals surface area contributed by atoms with Crippen LogP contribution in [0, 0.1) is 0 Å². The van der Waals surface area contributed by atoms with Crippen LogP contribution in [0.15, 0.2) is 42.5 Å². The van der Waals surface area contributed by atoms with Gasteiger partial charge in [0.1, 0.15) is 11.9 Å². The molecule has 2 aromatic rings. The number of hydrogen-bond donors (Lipinski definition) is 4. The van der Waals surface area contributed by atoms with Crippen molar-refractivity contribution in [2.75, 3.05) is 12.3 Å². The van der Waals surface area contributed by atoms with Gasteiger partial charge in [-0.05, 0) is 42.9 Å². The van der Waals surface area contributed by atoms with Gasteiger partial charge >= 0.3 is 0 Å². The van der Waals surface area contributed by atoms with Crippen LogP contribution in [0.4, 0.5) is 5.82 Å². The number of anilines is 1. The molecule has 0 saturated carbocycles. The third kappa shape index (κ3) is 5.32. The molecule has 5 N–H and O–H groups in total. The molecule has 0 radical (unpaired) electrons. The number of hydrogen-bond acceptors (Lipinski definition) is 5. The lowest BCUT2D eigenvalue weighted by Gasteiger charge is -2.18. The van der Waals surface area contributed by atoms with Crippen LogP contribution in [-0.2, 0) is 22.6 Å². The Bertz CT molecular complexity index is 856. The number of carbonyl (C=O) groups is 2. The van der Waals surface area contributed by atoms with Gasteiger partial charge in [0.2, 0.25) is 11.8 Å². The normalized spacial score (nSPS) is 19.5. The summed E-state index contributed by atoms with van der Waals surface area (Å²) < 4.78 is 0. The van der Waals surface area contributed by atoms with Crippen LogP contribution in [0.25, 0.3) is 0 Å². The third-order valence-electron chi connectivity index (χ3n) is 5.35. The number of nitrogen functional groups attached to an aromatic ring is 1. The molecule has 0 bridgehead atoms. The van der Waals surface area contributed by atoms with E-state index in [9.17, 15) is 9.59 Å². The number of aromatic nitrogens is 1. The SMILES string of the molecule is CCc1nc(N)ccc1CNC(=O)[C@H](C)NC(=O)C1CC(c2ccccc2)CN1. The molecule has 154 valence electrons. The highest BCUT2D eigenvalue weighted by Gasteiger charge is 2.31. The van der Waals surface area contributed by atoms with E-state index in [0.29, 0.717) is 18.3 Å². The van der Waals surface area contributed by atoms with Crippen molar-refractivity contribution in [2.24, 2.45) is 0 Å². The van der Waals surface area contributed by atoms with Crippen LogP contribution in [0.1, 0.15) is 43.0 Å². The zero-order valence-electron chi connectivity index (χ0n) is 16.9. The molecule has 7 heteroatoms. The van der Waals surface area contributed by atoms with Crippen LogP contribution in [-0.4, -0.2) is 35.4 Å². The minimum Gasteiger partial charge on any atom is -0.384 e. The van der Waals surface area contributed by atoms with E-state index in [1.165, 1.54) is 5.56 Å². The molecule has 2 heterocycles. The van der Waals surface area contributed by atoms with Gasteiger partial charge in [-0.15, -0.1) is 0 Å². The molecular formula is C22H29N5O2. The summed E-state index contributed by atoms with van der Waals surface area (Å²) >= 11 is 0. The molecular weight excluding hydrogens is 366 g/mol. The van der Waals surface area contributed by atoms with E-state index in [0.717, 1.165) is 30.6 Å². The van der Waals surface area contributed by atoms with Crippen molar-refractivity contribution in [1.82, 2.24) is 20.9 Å². The first-order valence-corrected chi connectivity index (χ1v) is 10.1. The molecule has 1 aromatic heterocycles. The average molecular weight is 396 g/mol. The highest BCUT2D eigenvalue weighted by Crippen LogP contribution is 2.25. The standard InChI is InChI=1S/C22H29N5O2/c1-3-18-16(9-10-20(23)27-18)12-25-21(28)14(2)26-22(29)19-11-17(13-24-19)15-7-5-4-6-8-15/h4-10,14,17,19,24H,3,11-13H2,1-2H3,(H2,23,27)(H,25,28)(H,26,29)/t14-,17?,19?/m0/s1. The Balaban J connectivity index is 1.49. The molecule has 2 amide bonds. The summed E-state index contributed by atoms with van der Waals surface area (Å²) in [6, 6.07) is 12.9. The Hall–Kier alpha value is -2.93. The van der Waals surface area contributed by atoms with Crippen LogP contribution in [0.5, 0.6) is 0 Å². The van der Waals surface area contributed by atoms with Gasteiger partial charge in [-0.3, -0.25) is 9.59 Å². The second-order valence-corrected chi connectivity index (χ2v) is 7.45. The highest BCUT2D eigenvalue weighted by molar-refractivity contribution is 5.89. The minimum atomic E-state index is -0.619. The third-order valence-corrected chi connectivity index (χ3v) is 5.35. The Morgan fingerprint density at radius 2 is 2.00 bits per heavy atom. The van der Waals surface area contributed by atoms with Gasteiger partial charge in [0.25, 0.3) is 0 Å². The predicted octanol–water partition coefficient (Wildman–Crippen LogP) is 1.49. The van der Waals surface area contributed by atoms with Crippen LogP contribution >= 0.6 is 0 Å². The summed E-state index contributed by atoms with van der Waals surface area (Å²) in [7, 11) is 0. The smallest absolute Gasteiger partial charge is 0.242 e. The molecule has 1 fully saturated rings. The van der Waals surface area contributed by atoms with Gasteiger partial charge < -0.3 is 21.7 Å². The molecule has 3 rings (SSSR count). The Morgan fingerprint density at radius 3 is 2.72 bits per heavy atom. The molecule has 0 spiro atoms. The summed E-state index contributed by atoms with van der Waals surface area (Å²) in [4.78, 5) is 29.3. The van der Waals surface area contributed by atoms with Gasteiger partial charge in [-0.2, -0.15) is 0 Å². The van der Waals surface area contributed by atoms with E-state index in [1.54, 1.807) is 13.0 Å². The number of aryl methyl sites for hydroxylation is 1. The molecule has 3 atom stereocenters. The van der Waals surface area contributed by atoms with E-state index >= 15 is 0 Å². The largest absolute Gasteiger partial charge is 0.384 e. The van der Waals surface area contributed by atoms with Crippen molar-refractivity contribution in [3.8, 4) is 0 Å². The lowest BCUT2D eigenvalue weighted by atomic mass is 9.96. The number of nitrogens with zero attached hydrogens (tertiary/aromatic N) is 1. The predicted molar refractivity (Wildman–Crippen MR) is 113 cm³/mol. The quantitative estimate of drug-likeness (QED) is 0.568. The Kier molecular flexibility index (Phi) is 6.82. The van der Waals surface area contributed by atoms with Crippen molar-refractivity contribution in [2.45, 2.75) is 51.2 Å². The molecule has 1 aliphatic heterocycles. The summed E-state index contributed by atoms with van der Waals surface area (Å²) in [5.74, 6) is 0.404. The van der Waals surface area contributed by atoms with E-state index in [-0.39, 0.29) is 17.9 Å². The maximum atomic E-state index is 12.6. The number of benzene rings is 1. The van der Waals surface area contributed by atoms with Crippen LogP contribution < -0.4 is 21.7 Å². The molecule has 1 saturated heterocycles. The fourth-order valence-corrected chi connectivity index (χ4v) is 3.64. The Labute approximate surface area is 171 Å². The lowest BCUT2D eigenvalue weighted by molar-refractivity contribution is -0.129. The van der Waals surface area contributed by atoms with E-state index in [1.807, 2.05) is 31.2 Å². The first-order chi connectivity index (χ1) is 14.0. The van der Waals surface area contributed by atoms with E-state index in [4.69, 9.17) is 5.73 Å². The molecule has 1 aliphatic rings. The Morgan fingerprint density at radius 1 is 1.24 bits per heavy atom. The van der Waals surface area contributed by atoms with Crippen molar-refractivity contribution in [1.29, 1.82) is 0 Å². The molecule has 7 nitrogen and oxygen atoms in total. The number of pyridine rings is 1. The van der Waals surface area contributed by atoms with Crippen molar-refractivity contribution >= 4 is 17.6 Å². The van der Waals surface area contributed by atoms with Crippen LogP contribution in [0.3, 0.4) is 0 Å². The summed E-state index contributed by atoms with van der Waals surface area (Å²) in [5, 5.41) is 8.95. The number of nitrogens with two attached hydrogens (primary N) is 1. The fourth-order valence-electron chi connectivity index (χ4n) is 3.64. The van der Waals surface area contributed by atoms with Crippen molar-refractivity contribution < 1.29 is 9.59 Å². The van der Waals surface area contributed by atoms with Crippen LogP contribution in [0.2, 0.25) is 0 Å². The number of carbonyl (C=O) groups excluding carboxylic acids is 2. The second-order valence-electron chi connectivity index (χ2n) is 7.45. The topological polar surface area (TPSA) is 109 Å². The second kappa shape index (κ2) is 9.52. The molecule has 0 aliphatic carbocycles. The number of amides is 2. The van der Waals surface area contributed by atoms with Gasteiger partial charge in [0.15, 0.2) is 0 Å². The van der Waals surface area contributed by atoms with E-state index in [2.05, 4.69) is 33.1 Å². The molecule has 29 heavy (non-hydrogen) atoms. The maximum absolute atomic E-state index is 12.6. The maximum Gasteiger partial charge on any atom is 0.242 e. The molecule has 1 aromatic carbocycles. The summed E-state index contributed by atoms with van der Waals surface area (Å²) in [6.45, 7) is 4.80. The highest BCUT2D eigenvalue weighted by atomic mass is 16.2. The van der Waals surface area contributed by atoms with Gasteiger partial charge in [-0.1, -0.05) is 43.3 Å². The van der Waals surface area contributed by atoms with Crippen molar-refractivity contribution in [3.63, 3.8) is 0 Å². The summed E-state index contributed by atoms with van der Waals surface area (Å²) in [6.07, 6.45) is 1.46. The number of rotatable bonds is 7. The van der Waals surface area contributed by atoms with Gasteiger partial charge in [0, 0.05) is 18.8 Å². The first kappa shape index (κ1) is 20.8. The number of nitrogens with one attached hydrogen (secondary N) is 3. The molecule has 2 unspecified atom stereocenters. The zero-order valence-corrected chi connectivity index (χ0v) is 16.9. The lowest BCUT2D eigenvalue weighted by Crippen LogP contribution is -2.50. The average Bonchev–Trinajstić information content (AvgIpc) is 3.23. The minimum absolute atomic E-state index is 0.144. The zero-order chi connectivity index (χ0) is 20.8. The monoisotopic (exact) mass is 395 g/mol. The van der Waals surface area contributed by atoms with E-state index < -0.39 is 6.04 Å². The first-order valence-electron chi connectivity index (χ1n) is 10.1. The van der Waals surface area contributed by atoms with Gasteiger partial charge in [0.05, 0.1) is 6.04 Å². The summed E-state index contributed by atoms with van der Waals surface area (Å²) in [5.41, 5.74) is 8.74.